The van der Waals surface area contributed by atoms with Crippen LogP contribution in [0, 0.1) is 11.3 Å². The van der Waals surface area contributed by atoms with Gasteiger partial charge in [0.1, 0.15) is 0 Å². The second kappa shape index (κ2) is 6.51. The molecule has 1 aliphatic carbocycles. The molecule has 6 heteroatoms. The Morgan fingerprint density at radius 1 is 1.48 bits per heavy atom. The van der Waals surface area contributed by atoms with Crippen molar-refractivity contribution in [3.8, 4) is 0 Å². The predicted molar refractivity (Wildman–Crippen MR) is 88.1 cm³/mol. The minimum atomic E-state index is -0.0465. The van der Waals surface area contributed by atoms with E-state index >= 15 is 0 Å². The maximum Gasteiger partial charge on any atom is 0.315 e. The number of unbranched alkanes of at least 4 members (excludes halogenated alkanes) is 1. The maximum absolute atomic E-state index is 12.1. The van der Waals surface area contributed by atoms with Crippen molar-refractivity contribution >= 4 is 6.03 Å². The Labute approximate surface area is 138 Å². The third-order valence-corrected chi connectivity index (χ3v) is 5.32. The predicted octanol–water partition coefficient (Wildman–Crippen LogP) is 1.86. The first-order valence-corrected chi connectivity index (χ1v) is 8.62. The molecule has 23 heavy (non-hydrogen) atoms. The van der Waals surface area contributed by atoms with Gasteiger partial charge < -0.3 is 15.4 Å². The van der Waals surface area contributed by atoms with Gasteiger partial charge in [0.2, 0.25) is 0 Å². The SMILES string of the molecule is Cn1cc(CCCCNC(=O)N[C@@H]2[C@@H]3CCO[C@@H]3C2(C)C)cn1. The fourth-order valence-electron chi connectivity index (χ4n) is 4.07. The molecule has 0 aromatic carbocycles. The fraction of sp³-hybridized carbons (Fsp3) is 0.765. The van der Waals surface area contributed by atoms with Crippen molar-refractivity contribution in [3.05, 3.63) is 18.0 Å². The van der Waals surface area contributed by atoms with E-state index in [4.69, 9.17) is 4.74 Å². The molecule has 0 unspecified atom stereocenters. The van der Waals surface area contributed by atoms with Gasteiger partial charge in [0.15, 0.2) is 0 Å². The highest BCUT2D eigenvalue weighted by Gasteiger charge is 2.59. The average molecular weight is 320 g/mol. The minimum absolute atomic E-state index is 0.0405. The van der Waals surface area contributed by atoms with Crippen LogP contribution in [-0.4, -0.2) is 41.1 Å². The zero-order valence-corrected chi connectivity index (χ0v) is 14.3. The van der Waals surface area contributed by atoms with Crippen LogP contribution in [0.3, 0.4) is 0 Å². The summed E-state index contributed by atoms with van der Waals surface area (Å²) < 4.78 is 7.58. The van der Waals surface area contributed by atoms with Gasteiger partial charge in [-0.15, -0.1) is 0 Å². The largest absolute Gasteiger partial charge is 0.377 e. The summed E-state index contributed by atoms with van der Waals surface area (Å²) in [7, 11) is 1.93. The molecule has 1 saturated carbocycles. The van der Waals surface area contributed by atoms with Crippen molar-refractivity contribution in [1.29, 1.82) is 0 Å². The summed E-state index contributed by atoms with van der Waals surface area (Å²) in [4.78, 5) is 12.1. The molecule has 3 rings (SSSR count). The second-order valence-corrected chi connectivity index (χ2v) is 7.42. The maximum atomic E-state index is 12.1. The first-order chi connectivity index (χ1) is 11.0. The first kappa shape index (κ1) is 16.3. The average Bonchev–Trinajstić information content (AvgIpc) is 3.12. The van der Waals surface area contributed by atoms with E-state index in [9.17, 15) is 4.79 Å². The van der Waals surface area contributed by atoms with E-state index in [1.165, 1.54) is 5.56 Å². The van der Waals surface area contributed by atoms with Crippen molar-refractivity contribution in [3.63, 3.8) is 0 Å². The van der Waals surface area contributed by atoms with Gasteiger partial charge in [-0.05, 0) is 31.2 Å². The van der Waals surface area contributed by atoms with Crippen LogP contribution in [0.15, 0.2) is 12.4 Å². The lowest BCUT2D eigenvalue weighted by Crippen LogP contribution is -2.67. The molecule has 0 bridgehead atoms. The molecule has 1 aliphatic heterocycles. The van der Waals surface area contributed by atoms with Crippen LogP contribution in [-0.2, 0) is 18.2 Å². The van der Waals surface area contributed by atoms with E-state index in [-0.39, 0.29) is 17.5 Å². The topological polar surface area (TPSA) is 68.2 Å². The lowest BCUT2D eigenvalue weighted by atomic mass is 9.57. The number of urea groups is 1. The molecule has 1 saturated heterocycles. The number of rotatable bonds is 6. The van der Waals surface area contributed by atoms with Crippen molar-refractivity contribution in [1.82, 2.24) is 20.4 Å². The summed E-state index contributed by atoms with van der Waals surface area (Å²) in [5.74, 6) is 0.487. The summed E-state index contributed by atoms with van der Waals surface area (Å²) in [6.07, 6.45) is 8.35. The Hall–Kier alpha value is -1.56. The number of fused-ring (bicyclic) bond motifs is 1. The lowest BCUT2D eigenvalue weighted by Gasteiger charge is -2.54. The van der Waals surface area contributed by atoms with Crippen LogP contribution >= 0.6 is 0 Å². The molecule has 2 fully saturated rings. The van der Waals surface area contributed by atoms with Gasteiger partial charge >= 0.3 is 6.03 Å². The molecule has 2 heterocycles. The lowest BCUT2D eigenvalue weighted by molar-refractivity contribution is -0.108. The third-order valence-electron chi connectivity index (χ3n) is 5.32. The van der Waals surface area contributed by atoms with Crippen LogP contribution in [0.5, 0.6) is 0 Å². The number of nitrogens with zero attached hydrogens (tertiary/aromatic N) is 2. The van der Waals surface area contributed by atoms with Crippen molar-refractivity contribution in [2.24, 2.45) is 18.4 Å². The molecule has 2 amide bonds. The summed E-state index contributed by atoms with van der Waals surface area (Å²) in [6.45, 7) is 5.90. The summed E-state index contributed by atoms with van der Waals surface area (Å²) >= 11 is 0. The van der Waals surface area contributed by atoms with Gasteiger partial charge in [-0.1, -0.05) is 13.8 Å². The highest BCUT2D eigenvalue weighted by molar-refractivity contribution is 5.74. The van der Waals surface area contributed by atoms with Gasteiger partial charge in [-0.3, -0.25) is 4.68 Å². The minimum Gasteiger partial charge on any atom is -0.377 e. The Kier molecular flexibility index (Phi) is 4.62. The molecular formula is C17H28N4O2. The Morgan fingerprint density at radius 3 is 3.04 bits per heavy atom. The van der Waals surface area contributed by atoms with Crippen LogP contribution in [0.4, 0.5) is 4.79 Å². The van der Waals surface area contributed by atoms with Gasteiger partial charge in [0.05, 0.1) is 12.3 Å². The first-order valence-electron chi connectivity index (χ1n) is 8.62. The number of nitrogens with one attached hydrogen (secondary N) is 2. The van der Waals surface area contributed by atoms with E-state index in [0.717, 1.165) is 32.3 Å². The van der Waals surface area contributed by atoms with E-state index in [0.29, 0.717) is 18.6 Å². The summed E-state index contributed by atoms with van der Waals surface area (Å²) in [5, 5.41) is 10.3. The Balaban J connectivity index is 1.32. The van der Waals surface area contributed by atoms with E-state index < -0.39 is 0 Å². The van der Waals surface area contributed by atoms with Gasteiger partial charge in [0, 0.05) is 43.8 Å². The summed E-state index contributed by atoms with van der Waals surface area (Å²) in [6, 6.07) is 0.181. The number of hydrogen-bond donors (Lipinski definition) is 2. The smallest absolute Gasteiger partial charge is 0.315 e. The van der Waals surface area contributed by atoms with Crippen LogP contribution in [0.25, 0.3) is 0 Å². The van der Waals surface area contributed by atoms with Crippen LogP contribution < -0.4 is 10.6 Å². The van der Waals surface area contributed by atoms with Crippen molar-refractivity contribution in [2.75, 3.05) is 13.2 Å². The zero-order chi connectivity index (χ0) is 16.4. The van der Waals surface area contributed by atoms with E-state index in [1.807, 2.05) is 24.1 Å². The van der Waals surface area contributed by atoms with Crippen molar-refractivity contribution in [2.45, 2.75) is 51.7 Å². The number of ether oxygens (including phenoxy) is 1. The Morgan fingerprint density at radius 2 is 2.30 bits per heavy atom. The molecule has 3 atom stereocenters. The zero-order valence-electron chi connectivity index (χ0n) is 14.3. The summed E-state index contributed by atoms with van der Waals surface area (Å²) in [5.41, 5.74) is 1.29. The molecule has 0 radical (unpaired) electrons. The number of amides is 2. The third kappa shape index (κ3) is 3.37. The highest BCUT2D eigenvalue weighted by atomic mass is 16.5. The number of aryl methyl sites for hydroxylation is 2. The Bertz CT molecular complexity index is 555. The van der Waals surface area contributed by atoms with Crippen LogP contribution in [0.1, 0.15) is 38.7 Å². The highest BCUT2D eigenvalue weighted by Crippen LogP contribution is 2.51. The number of hydrogen-bond acceptors (Lipinski definition) is 3. The number of carbonyl (C=O) groups excluding carboxylic acids is 1. The quantitative estimate of drug-likeness (QED) is 0.786. The normalized spacial score (nSPS) is 28.0. The standard InChI is InChI=1S/C17H28N4O2/c1-17(2)14(13-7-9-23-15(13)17)20-16(22)18-8-5-4-6-12-10-19-21(3)11-12/h10-11,13-15H,4-9H2,1-3H3,(H2,18,20,22)/t13-,14+,15-/m0/s1. The van der Waals surface area contributed by atoms with Crippen LogP contribution in [0.2, 0.25) is 0 Å². The second-order valence-electron chi connectivity index (χ2n) is 7.42. The molecule has 0 spiro atoms. The number of carbonyl (C=O) groups is 1. The van der Waals surface area contributed by atoms with Crippen molar-refractivity contribution < 1.29 is 9.53 Å². The molecule has 2 aliphatic rings. The molecule has 6 nitrogen and oxygen atoms in total. The van der Waals surface area contributed by atoms with Gasteiger partial charge in [-0.2, -0.15) is 5.10 Å². The molecule has 1 aromatic rings. The number of aromatic nitrogens is 2. The molecule has 1 aromatic heterocycles. The van der Waals surface area contributed by atoms with Gasteiger partial charge in [-0.25, -0.2) is 4.79 Å². The monoisotopic (exact) mass is 320 g/mol. The van der Waals surface area contributed by atoms with Gasteiger partial charge in [0.25, 0.3) is 0 Å². The van der Waals surface area contributed by atoms with E-state index in [1.54, 1.807) is 0 Å². The fourth-order valence-corrected chi connectivity index (χ4v) is 4.07. The van der Waals surface area contributed by atoms with E-state index in [2.05, 4.69) is 29.6 Å². The molecule has 128 valence electrons. The molecular weight excluding hydrogens is 292 g/mol. The molecule has 2 N–H and O–H groups in total.